The lowest BCUT2D eigenvalue weighted by Gasteiger charge is -2.34. The average Bonchev–Trinajstić information content (AvgIpc) is 3.64. The summed E-state index contributed by atoms with van der Waals surface area (Å²) in [5.74, 6) is -1.25. The lowest BCUT2D eigenvalue weighted by molar-refractivity contribution is 0.0972. The van der Waals surface area contributed by atoms with Crippen LogP contribution in [-0.2, 0) is 20.0 Å². The Kier molecular flexibility index (Phi) is 12.8. The zero-order chi connectivity index (χ0) is 45.4. The smallest absolute Gasteiger partial charge is 0.268 e. The van der Waals surface area contributed by atoms with Gasteiger partial charge in [-0.1, -0.05) is 25.4 Å². The predicted molar refractivity (Wildman–Crippen MR) is 234 cm³/mol. The summed E-state index contributed by atoms with van der Waals surface area (Å²) in [6.45, 7) is 13.7. The van der Waals surface area contributed by atoms with Crippen molar-refractivity contribution in [1.29, 1.82) is 0 Å². The maximum atomic E-state index is 13.3. The third-order valence-electron chi connectivity index (χ3n) is 10.5. The zero-order valence-corrected chi connectivity index (χ0v) is 37.2. The van der Waals surface area contributed by atoms with Gasteiger partial charge in [0.25, 0.3) is 31.9 Å². The van der Waals surface area contributed by atoms with Gasteiger partial charge >= 0.3 is 0 Å². The van der Waals surface area contributed by atoms with E-state index in [2.05, 4.69) is 43.2 Å². The van der Waals surface area contributed by atoms with E-state index in [0.29, 0.717) is 47.8 Å². The highest BCUT2D eigenvalue weighted by molar-refractivity contribution is 7.90. The first-order valence-electron chi connectivity index (χ1n) is 19.4. The molecule has 0 bridgehead atoms. The Morgan fingerprint density at radius 2 is 1.18 bits per heavy atom. The van der Waals surface area contributed by atoms with Gasteiger partial charge in [-0.05, 0) is 113 Å². The molecule has 2 aliphatic heterocycles. The van der Waals surface area contributed by atoms with Crippen molar-refractivity contribution in [2.45, 2.75) is 75.3 Å². The number of aromatic nitrogens is 5. The lowest BCUT2D eigenvalue weighted by atomic mass is 9.97. The highest BCUT2D eigenvalue weighted by Gasteiger charge is 2.41. The van der Waals surface area contributed by atoms with Crippen molar-refractivity contribution in [2.75, 3.05) is 34.4 Å². The van der Waals surface area contributed by atoms with E-state index in [1.54, 1.807) is 12.1 Å². The number of hydrogen-bond acceptors (Lipinski definition) is 15. The molecule has 5 aromatic heterocycles. The summed E-state index contributed by atoms with van der Waals surface area (Å²) in [6, 6.07) is 14.2. The Bertz CT molecular complexity index is 2740. The van der Waals surface area contributed by atoms with Gasteiger partial charge in [-0.25, -0.2) is 51.2 Å². The van der Waals surface area contributed by atoms with Crippen LogP contribution in [0.15, 0.2) is 89.0 Å². The number of nitrogens with one attached hydrogen (secondary N) is 2. The number of halogens is 2. The van der Waals surface area contributed by atoms with Crippen LogP contribution in [0.2, 0.25) is 5.15 Å². The molecule has 7 rings (SSSR count). The summed E-state index contributed by atoms with van der Waals surface area (Å²) in [5, 5.41) is 0.223. The second-order valence-corrected chi connectivity index (χ2v) is 20.2. The molecule has 2 atom stereocenters. The van der Waals surface area contributed by atoms with Crippen LogP contribution in [0.5, 0.6) is 0 Å². The second kappa shape index (κ2) is 17.4. The molecule has 328 valence electrons. The quantitative estimate of drug-likeness (QED) is 0.134. The molecule has 0 unspecified atom stereocenters. The van der Waals surface area contributed by atoms with E-state index < -0.39 is 37.8 Å². The predicted octanol–water partition coefficient (Wildman–Crippen LogP) is 5.46. The number of nitrogens with two attached hydrogens (primary N) is 2. The van der Waals surface area contributed by atoms with Gasteiger partial charge in [0.2, 0.25) is 5.95 Å². The Balaban J connectivity index is 0.000000211. The summed E-state index contributed by atoms with van der Waals surface area (Å²) in [6.07, 6.45) is 5.86. The molecule has 21 heteroatoms. The second-order valence-electron chi connectivity index (χ2n) is 16.5. The van der Waals surface area contributed by atoms with Gasteiger partial charge in [0, 0.05) is 48.3 Å². The van der Waals surface area contributed by atoms with Crippen LogP contribution in [0, 0.1) is 17.8 Å². The molecular weight excluding hydrogens is 861 g/mol. The van der Waals surface area contributed by atoms with E-state index in [0.717, 1.165) is 12.8 Å². The van der Waals surface area contributed by atoms with Crippen molar-refractivity contribution in [3.05, 3.63) is 101 Å². The highest BCUT2D eigenvalue weighted by atomic mass is 35.5. The van der Waals surface area contributed by atoms with Crippen molar-refractivity contribution in [3.63, 3.8) is 0 Å². The van der Waals surface area contributed by atoms with E-state index >= 15 is 0 Å². The van der Waals surface area contributed by atoms with Crippen LogP contribution >= 0.6 is 11.6 Å². The molecule has 0 aliphatic carbocycles. The number of rotatable bonds is 9. The van der Waals surface area contributed by atoms with Gasteiger partial charge in [0.05, 0.1) is 16.8 Å². The summed E-state index contributed by atoms with van der Waals surface area (Å²) >= 11 is 6.07. The van der Waals surface area contributed by atoms with E-state index in [1.807, 2.05) is 37.5 Å². The van der Waals surface area contributed by atoms with Crippen LogP contribution in [0.4, 0.5) is 27.7 Å². The third kappa shape index (κ3) is 9.87. The molecule has 0 radical (unpaired) electrons. The van der Waals surface area contributed by atoms with Crippen LogP contribution in [0.3, 0.4) is 0 Å². The number of carbonyl (C=O) groups excluding carboxylic acids is 2. The third-order valence-corrected chi connectivity index (χ3v) is 13.5. The molecule has 7 heterocycles. The summed E-state index contributed by atoms with van der Waals surface area (Å²) in [7, 11) is -8.46. The van der Waals surface area contributed by atoms with E-state index in [1.165, 1.54) is 67.1 Å². The largest absolute Gasteiger partial charge is 0.383 e. The monoisotopic (exact) mass is 907 g/mol. The van der Waals surface area contributed by atoms with Gasteiger partial charge in [-0.3, -0.25) is 9.59 Å². The van der Waals surface area contributed by atoms with Gasteiger partial charge in [0.15, 0.2) is 0 Å². The molecular formula is C41H47ClFN11O6S2. The Hall–Kier alpha value is -5.99. The van der Waals surface area contributed by atoms with E-state index in [-0.39, 0.29) is 48.8 Å². The van der Waals surface area contributed by atoms with E-state index in [9.17, 15) is 30.8 Å². The molecule has 0 saturated carbocycles. The maximum Gasteiger partial charge on any atom is 0.268 e. The molecule has 2 fully saturated rings. The van der Waals surface area contributed by atoms with Crippen molar-refractivity contribution >= 4 is 66.7 Å². The topological polar surface area (TPSA) is 249 Å². The number of amides is 2. The van der Waals surface area contributed by atoms with Gasteiger partial charge in [0.1, 0.15) is 38.2 Å². The standard InChI is InChI=1S/C23H25FN6O3S.C18H22ClN5O3S/c1-14-11-23(2,3)30(13-14)21-16(7-8-17(28-21)15-6-9-19(24)27-12-15)22(31)29-34(32,33)18-5-4-10-26-20(18)25;1-11-9-18(2,3)24(10-11)16-12(6-7-14(19)22-16)17(25)23-28(26,27)13-5-4-8-21-15(13)20/h4-10,12,14H,11,13H2,1-3H3,(H2,25,26)(H,29,31);4-8,11H,9-10H2,1-3H3,(H2,20,21)(H,23,25)/t14-;11-/m00/s1. The molecule has 5 aromatic rings. The summed E-state index contributed by atoms with van der Waals surface area (Å²) in [4.78, 5) is 49.8. The molecule has 2 aliphatic rings. The highest BCUT2D eigenvalue weighted by Crippen LogP contribution is 2.39. The normalized spacial score (nSPS) is 18.1. The Morgan fingerprint density at radius 3 is 1.60 bits per heavy atom. The number of anilines is 4. The fourth-order valence-electron chi connectivity index (χ4n) is 7.97. The zero-order valence-electron chi connectivity index (χ0n) is 34.8. The molecule has 0 aromatic carbocycles. The van der Waals surface area contributed by atoms with Crippen LogP contribution < -0.4 is 30.7 Å². The van der Waals surface area contributed by atoms with Gasteiger partial charge in [-0.15, -0.1) is 0 Å². The number of sulfonamides is 2. The number of nitrogen functional groups attached to an aromatic ring is 2. The number of carbonyl (C=O) groups is 2. The first kappa shape index (κ1) is 45.5. The first-order chi connectivity index (χ1) is 29.0. The molecule has 2 amide bonds. The fraction of sp³-hybridized carbons (Fsp3) is 0.341. The molecule has 62 heavy (non-hydrogen) atoms. The van der Waals surface area contributed by atoms with Crippen molar-refractivity contribution in [2.24, 2.45) is 11.8 Å². The number of hydrogen-bond donors (Lipinski definition) is 4. The fourth-order valence-corrected chi connectivity index (χ4v) is 10.2. The minimum atomic E-state index is -4.27. The minimum Gasteiger partial charge on any atom is -0.383 e. The molecule has 0 spiro atoms. The molecule has 6 N–H and O–H groups in total. The number of pyridine rings is 5. The Morgan fingerprint density at radius 1 is 0.710 bits per heavy atom. The molecule has 2 saturated heterocycles. The van der Waals surface area contributed by atoms with Crippen molar-refractivity contribution in [1.82, 2.24) is 34.4 Å². The van der Waals surface area contributed by atoms with Crippen LogP contribution in [0.25, 0.3) is 11.3 Å². The van der Waals surface area contributed by atoms with Crippen molar-refractivity contribution in [3.8, 4) is 11.3 Å². The van der Waals surface area contributed by atoms with Crippen LogP contribution in [0.1, 0.15) is 75.1 Å². The van der Waals surface area contributed by atoms with Gasteiger partial charge < -0.3 is 21.3 Å². The van der Waals surface area contributed by atoms with Gasteiger partial charge in [-0.2, -0.15) is 4.39 Å². The van der Waals surface area contributed by atoms with E-state index in [4.69, 9.17) is 28.1 Å². The Labute approximate surface area is 364 Å². The summed E-state index contributed by atoms with van der Waals surface area (Å²) in [5.41, 5.74) is 12.0. The molecule has 17 nitrogen and oxygen atoms in total. The SMILES string of the molecule is C[C@@H]1CN(c2nc(-c3ccc(F)nc3)ccc2C(=O)NS(=O)(=O)c2cccnc2N)C(C)(C)C1.C[C@@H]1CN(c2nc(Cl)ccc2C(=O)NS(=O)(=O)c2cccnc2N)C(C)(C)C1. The average molecular weight is 908 g/mol. The van der Waals surface area contributed by atoms with Crippen LogP contribution in [-0.4, -0.2) is 77.7 Å². The lowest BCUT2D eigenvalue weighted by Crippen LogP contribution is -2.41. The van der Waals surface area contributed by atoms with Crippen molar-refractivity contribution < 1.29 is 30.8 Å². The minimum absolute atomic E-state index is 0.0898. The summed E-state index contributed by atoms with van der Waals surface area (Å²) < 4.78 is 68.3. The maximum absolute atomic E-state index is 13.3. The number of nitrogens with zero attached hydrogens (tertiary/aromatic N) is 7. The first-order valence-corrected chi connectivity index (χ1v) is 22.7.